The largest absolute Gasteiger partial charge is 0.344 e. The molecule has 7 heteroatoms. The molecule has 2 fully saturated rings. The van der Waals surface area contributed by atoms with E-state index < -0.39 is 6.04 Å². The number of hydrogen-bond donors (Lipinski definition) is 1. The summed E-state index contributed by atoms with van der Waals surface area (Å²) in [5, 5.41) is 2.76. The first-order valence-electron chi connectivity index (χ1n) is 11.0. The van der Waals surface area contributed by atoms with E-state index in [1.54, 1.807) is 22.1 Å². The average molecular weight is 433 g/mol. The molecule has 0 bridgehead atoms. The Morgan fingerprint density at radius 1 is 1.19 bits per heavy atom. The number of pyridine rings is 1. The lowest BCUT2D eigenvalue weighted by atomic mass is 9.91. The molecule has 0 radical (unpaired) electrons. The smallest absolute Gasteiger partial charge is 0.245 e. The van der Waals surface area contributed by atoms with Crippen LogP contribution in [0.2, 0.25) is 0 Å². The lowest BCUT2D eigenvalue weighted by Crippen LogP contribution is -2.46. The molecule has 2 aliphatic rings. The Kier molecular flexibility index (Phi) is 6.63. The molecule has 1 aromatic carbocycles. The first kappa shape index (κ1) is 21.7. The van der Waals surface area contributed by atoms with Crippen molar-refractivity contribution in [2.24, 2.45) is 5.92 Å². The van der Waals surface area contributed by atoms with E-state index in [2.05, 4.69) is 16.9 Å². The summed E-state index contributed by atoms with van der Waals surface area (Å²) in [7, 11) is 0. The minimum absolute atomic E-state index is 0.0247. The molecule has 2 aliphatic heterocycles. The van der Waals surface area contributed by atoms with Crippen LogP contribution in [0.5, 0.6) is 0 Å². The monoisotopic (exact) mass is 432 g/mol. The SMILES string of the molecule is C=CCN1CCN(C(=O)[C@@H]2CCC(=O)N2)C[C@@H](Cc2ccccc2-c2cccnc2)C1=O. The number of benzene rings is 1. The van der Waals surface area contributed by atoms with Gasteiger partial charge in [-0.1, -0.05) is 36.4 Å². The van der Waals surface area contributed by atoms with E-state index in [1.165, 1.54) is 0 Å². The van der Waals surface area contributed by atoms with E-state index in [4.69, 9.17) is 0 Å². The quantitative estimate of drug-likeness (QED) is 0.709. The second-order valence-corrected chi connectivity index (χ2v) is 8.32. The fourth-order valence-corrected chi connectivity index (χ4v) is 4.52. The van der Waals surface area contributed by atoms with Gasteiger partial charge in [-0.05, 0) is 30.0 Å². The highest BCUT2D eigenvalue weighted by Crippen LogP contribution is 2.27. The Labute approximate surface area is 188 Å². The molecule has 4 rings (SSSR count). The van der Waals surface area contributed by atoms with Gasteiger partial charge in [0.25, 0.3) is 0 Å². The van der Waals surface area contributed by atoms with E-state index in [9.17, 15) is 14.4 Å². The van der Waals surface area contributed by atoms with Crippen molar-refractivity contribution in [1.29, 1.82) is 0 Å². The van der Waals surface area contributed by atoms with Gasteiger partial charge in [0.1, 0.15) is 6.04 Å². The summed E-state index contributed by atoms with van der Waals surface area (Å²) >= 11 is 0. The van der Waals surface area contributed by atoms with Crippen molar-refractivity contribution < 1.29 is 14.4 Å². The molecule has 166 valence electrons. The van der Waals surface area contributed by atoms with Crippen LogP contribution < -0.4 is 5.32 Å². The molecular weight excluding hydrogens is 404 g/mol. The maximum atomic E-state index is 13.4. The summed E-state index contributed by atoms with van der Waals surface area (Å²) in [6.07, 6.45) is 6.65. The third kappa shape index (κ3) is 4.72. The number of nitrogens with zero attached hydrogens (tertiary/aromatic N) is 3. The van der Waals surface area contributed by atoms with E-state index in [0.717, 1.165) is 16.7 Å². The molecule has 1 N–H and O–H groups in total. The Bertz CT molecular complexity index is 1010. The van der Waals surface area contributed by atoms with Crippen LogP contribution in [0, 0.1) is 5.92 Å². The van der Waals surface area contributed by atoms with Gasteiger partial charge >= 0.3 is 0 Å². The summed E-state index contributed by atoms with van der Waals surface area (Å²) < 4.78 is 0. The fraction of sp³-hybridized carbons (Fsp3) is 0.360. The maximum absolute atomic E-state index is 13.4. The Balaban J connectivity index is 1.60. The molecule has 7 nitrogen and oxygen atoms in total. The Morgan fingerprint density at radius 3 is 2.75 bits per heavy atom. The molecule has 0 aliphatic carbocycles. The van der Waals surface area contributed by atoms with Gasteiger partial charge in [0.2, 0.25) is 17.7 Å². The number of rotatable bonds is 6. The van der Waals surface area contributed by atoms with Crippen molar-refractivity contribution in [3.05, 3.63) is 67.0 Å². The van der Waals surface area contributed by atoms with Crippen LogP contribution in [0.25, 0.3) is 11.1 Å². The molecule has 2 atom stereocenters. The van der Waals surface area contributed by atoms with Crippen molar-refractivity contribution in [3.63, 3.8) is 0 Å². The first-order chi connectivity index (χ1) is 15.6. The van der Waals surface area contributed by atoms with E-state index in [0.29, 0.717) is 45.4 Å². The molecule has 32 heavy (non-hydrogen) atoms. The summed E-state index contributed by atoms with van der Waals surface area (Å²) in [6, 6.07) is 11.4. The number of nitrogens with one attached hydrogen (secondary N) is 1. The van der Waals surface area contributed by atoms with E-state index >= 15 is 0 Å². The molecule has 0 saturated carbocycles. The summed E-state index contributed by atoms with van der Waals surface area (Å²) in [5.74, 6) is -0.549. The molecule has 1 aromatic heterocycles. The standard InChI is InChI=1S/C25H28N4O3/c1-2-12-28-13-14-29(25(32)22-9-10-23(30)27-22)17-20(24(28)31)15-18-6-3-4-8-21(18)19-7-5-11-26-16-19/h2-8,11,16,20,22H,1,9-10,12-15,17H2,(H,27,30)/t20-,22+/m1/s1. The fourth-order valence-electron chi connectivity index (χ4n) is 4.52. The number of aromatic nitrogens is 1. The third-order valence-electron chi connectivity index (χ3n) is 6.15. The number of carbonyl (C=O) groups excluding carboxylic acids is 3. The van der Waals surface area contributed by atoms with E-state index in [-0.39, 0.29) is 23.6 Å². The zero-order valence-corrected chi connectivity index (χ0v) is 18.1. The van der Waals surface area contributed by atoms with Crippen LogP contribution in [0.15, 0.2) is 61.4 Å². The molecule has 2 saturated heterocycles. The second kappa shape index (κ2) is 9.77. The number of amides is 3. The summed E-state index contributed by atoms with van der Waals surface area (Å²) in [4.78, 5) is 45.9. The lowest BCUT2D eigenvalue weighted by Gasteiger charge is -2.26. The van der Waals surface area contributed by atoms with Crippen LogP contribution >= 0.6 is 0 Å². The van der Waals surface area contributed by atoms with Crippen LogP contribution in [0.4, 0.5) is 0 Å². The molecule has 0 spiro atoms. The lowest BCUT2D eigenvalue weighted by molar-refractivity contribution is -0.136. The second-order valence-electron chi connectivity index (χ2n) is 8.32. The van der Waals surface area contributed by atoms with Gasteiger partial charge in [0, 0.05) is 50.6 Å². The third-order valence-corrected chi connectivity index (χ3v) is 6.15. The van der Waals surface area contributed by atoms with Gasteiger partial charge in [-0.3, -0.25) is 19.4 Å². The first-order valence-corrected chi connectivity index (χ1v) is 11.0. The highest BCUT2D eigenvalue weighted by atomic mass is 16.2. The van der Waals surface area contributed by atoms with Gasteiger partial charge in [0.05, 0.1) is 5.92 Å². The molecule has 2 aromatic rings. The van der Waals surface area contributed by atoms with Gasteiger partial charge in [0.15, 0.2) is 0 Å². The Morgan fingerprint density at radius 2 is 2.03 bits per heavy atom. The molecule has 3 heterocycles. The highest BCUT2D eigenvalue weighted by molar-refractivity contribution is 5.91. The van der Waals surface area contributed by atoms with Crippen molar-refractivity contribution >= 4 is 17.7 Å². The normalized spacial score (nSPS) is 21.2. The van der Waals surface area contributed by atoms with Crippen molar-refractivity contribution in [1.82, 2.24) is 20.1 Å². The number of hydrogen-bond acceptors (Lipinski definition) is 4. The topological polar surface area (TPSA) is 82.6 Å². The highest BCUT2D eigenvalue weighted by Gasteiger charge is 2.36. The van der Waals surface area contributed by atoms with Gasteiger partial charge < -0.3 is 15.1 Å². The predicted octanol–water partition coefficient (Wildman–Crippen LogP) is 2.04. The number of carbonyl (C=O) groups is 3. The predicted molar refractivity (Wildman–Crippen MR) is 121 cm³/mol. The van der Waals surface area contributed by atoms with Crippen molar-refractivity contribution in [3.8, 4) is 11.1 Å². The van der Waals surface area contributed by atoms with Gasteiger partial charge in [-0.15, -0.1) is 6.58 Å². The molecular formula is C25H28N4O3. The zero-order valence-electron chi connectivity index (χ0n) is 18.1. The molecule has 3 amide bonds. The van der Waals surface area contributed by atoms with Gasteiger partial charge in [-0.25, -0.2) is 0 Å². The minimum atomic E-state index is -0.494. The Hall–Kier alpha value is -3.48. The average Bonchev–Trinajstić information content (AvgIpc) is 3.20. The van der Waals surface area contributed by atoms with Crippen molar-refractivity contribution in [2.45, 2.75) is 25.3 Å². The van der Waals surface area contributed by atoms with Gasteiger partial charge in [-0.2, -0.15) is 0 Å². The van der Waals surface area contributed by atoms with Crippen LogP contribution in [0.1, 0.15) is 18.4 Å². The maximum Gasteiger partial charge on any atom is 0.245 e. The van der Waals surface area contributed by atoms with Crippen molar-refractivity contribution in [2.75, 3.05) is 26.2 Å². The molecule has 0 unspecified atom stereocenters. The van der Waals surface area contributed by atoms with E-state index in [1.807, 2.05) is 42.6 Å². The summed E-state index contributed by atoms with van der Waals surface area (Å²) in [5.41, 5.74) is 3.07. The van der Waals surface area contributed by atoms with Crippen LogP contribution in [0.3, 0.4) is 0 Å². The minimum Gasteiger partial charge on any atom is -0.344 e. The van der Waals surface area contributed by atoms with Crippen LogP contribution in [-0.4, -0.2) is 64.7 Å². The zero-order chi connectivity index (χ0) is 22.5. The summed E-state index contributed by atoms with van der Waals surface area (Å²) in [6.45, 7) is 5.46. The van der Waals surface area contributed by atoms with Crippen LogP contribution in [-0.2, 0) is 20.8 Å².